The third kappa shape index (κ3) is 2.31. The molecule has 0 saturated carbocycles. The van der Waals surface area contributed by atoms with Gasteiger partial charge in [-0.15, -0.1) is 11.6 Å². The number of aliphatic hydroxyl groups excluding tert-OH is 2. The van der Waals surface area contributed by atoms with E-state index in [9.17, 15) is 15.0 Å². The van der Waals surface area contributed by atoms with Crippen LogP contribution in [-0.2, 0) is 9.53 Å². The third-order valence-electron chi connectivity index (χ3n) is 3.56. The minimum absolute atomic E-state index is 0.175. The van der Waals surface area contributed by atoms with Crippen molar-refractivity contribution >= 4 is 34.4 Å². The number of hydrogen-bond acceptors (Lipinski definition) is 8. The standard InChI is InChI=1S/C12H14ClN5O4/c13-2-1-5(19)9-7(20)8(21)12(22-9)18-4-17-6-10(14)15-3-16-11(6)18/h3-5,7,9,12,19-20H,1-2H2,(H2,14,15,16). The van der Waals surface area contributed by atoms with Crippen LogP contribution in [0.15, 0.2) is 12.7 Å². The van der Waals surface area contributed by atoms with Gasteiger partial charge < -0.3 is 20.7 Å². The van der Waals surface area contributed by atoms with Crippen LogP contribution < -0.4 is 5.73 Å². The largest absolute Gasteiger partial charge is 0.390 e. The summed E-state index contributed by atoms with van der Waals surface area (Å²) in [4.78, 5) is 24.1. The maximum Gasteiger partial charge on any atom is 0.213 e. The normalized spacial score (nSPS) is 26.7. The van der Waals surface area contributed by atoms with Crippen molar-refractivity contribution in [2.24, 2.45) is 0 Å². The summed E-state index contributed by atoms with van der Waals surface area (Å²) in [6, 6.07) is 0. The highest BCUT2D eigenvalue weighted by Crippen LogP contribution is 2.30. The van der Waals surface area contributed by atoms with Gasteiger partial charge in [-0.3, -0.25) is 9.36 Å². The number of aliphatic hydroxyl groups is 2. The molecule has 2 aromatic heterocycles. The van der Waals surface area contributed by atoms with Gasteiger partial charge in [-0.2, -0.15) is 0 Å². The van der Waals surface area contributed by atoms with Crippen LogP contribution in [-0.4, -0.2) is 59.7 Å². The molecule has 4 unspecified atom stereocenters. The van der Waals surface area contributed by atoms with E-state index in [1.807, 2.05) is 0 Å². The highest BCUT2D eigenvalue weighted by Gasteiger charge is 2.46. The van der Waals surface area contributed by atoms with Gasteiger partial charge >= 0.3 is 0 Å². The average molecular weight is 328 g/mol. The molecular formula is C12H14ClN5O4. The van der Waals surface area contributed by atoms with Crippen molar-refractivity contribution in [3.63, 3.8) is 0 Å². The number of ether oxygens (including phenoxy) is 1. The number of fused-ring (bicyclic) bond motifs is 1. The fourth-order valence-corrected chi connectivity index (χ4v) is 2.64. The molecule has 1 aliphatic rings. The summed E-state index contributed by atoms with van der Waals surface area (Å²) in [5.41, 5.74) is 6.33. The maximum absolute atomic E-state index is 12.2. The fourth-order valence-electron chi connectivity index (χ4n) is 2.42. The number of nitrogens with zero attached hydrogens (tertiary/aromatic N) is 4. The number of carbonyl (C=O) groups excluding carboxylic acids is 1. The number of nitrogens with two attached hydrogens (primary N) is 1. The fraction of sp³-hybridized carbons (Fsp3) is 0.500. The summed E-state index contributed by atoms with van der Waals surface area (Å²) in [5, 5.41) is 19.9. The summed E-state index contributed by atoms with van der Waals surface area (Å²) >= 11 is 5.56. The Labute approximate surface area is 129 Å². The highest BCUT2D eigenvalue weighted by atomic mass is 35.5. The van der Waals surface area contributed by atoms with Crippen molar-refractivity contribution in [2.75, 3.05) is 11.6 Å². The Bertz CT molecular complexity index is 708. The van der Waals surface area contributed by atoms with E-state index in [4.69, 9.17) is 22.1 Å². The van der Waals surface area contributed by atoms with Crippen LogP contribution >= 0.6 is 11.6 Å². The molecule has 9 nitrogen and oxygen atoms in total. The lowest BCUT2D eigenvalue weighted by molar-refractivity contribution is -0.130. The van der Waals surface area contributed by atoms with Gasteiger partial charge in [0, 0.05) is 5.88 Å². The lowest BCUT2D eigenvalue weighted by Gasteiger charge is -2.19. The number of imidazole rings is 1. The first-order valence-electron chi connectivity index (χ1n) is 6.59. The number of nitrogen functional groups attached to an aromatic ring is 1. The minimum Gasteiger partial charge on any atom is -0.390 e. The van der Waals surface area contributed by atoms with Crippen LogP contribution in [0.4, 0.5) is 5.82 Å². The molecule has 2 aromatic rings. The zero-order valence-electron chi connectivity index (χ0n) is 11.3. The number of alkyl halides is 1. The molecular weight excluding hydrogens is 314 g/mol. The summed E-state index contributed by atoms with van der Waals surface area (Å²) in [6.07, 6.45) is -1.90. The third-order valence-corrected chi connectivity index (χ3v) is 3.77. The Hall–Kier alpha value is -1.81. The van der Waals surface area contributed by atoms with Gasteiger partial charge in [0.15, 0.2) is 17.7 Å². The van der Waals surface area contributed by atoms with Gasteiger partial charge in [0.25, 0.3) is 0 Å². The molecule has 1 saturated heterocycles. The summed E-state index contributed by atoms with van der Waals surface area (Å²) in [6.45, 7) is 0. The van der Waals surface area contributed by atoms with Crippen LogP contribution in [0.2, 0.25) is 0 Å². The molecule has 0 amide bonds. The number of hydrogen-bond donors (Lipinski definition) is 3. The number of halogens is 1. The molecule has 0 aliphatic carbocycles. The van der Waals surface area contributed by atoms with E-state index >= 15 is 0 Å². The van der Waals surface area contributed by atoms with Gasteiger partial charge in [0.05, 0.1) is 12.4 Å². The van der Waals surface area contributed by atoms with Crippen molar-refractivity contribution in [1.29, 1.82) is 0 Å². The van der Waals surface area contributed by atoms with Crippen molar-refractivity contribution in [3.05, 3.63) is 12.7 Å². The van der Waals surface area contributed by atoms with Gasteiger partial charge in [0.1, 0.15) is 24.1 Å². The van der Waals surface area contributed by atoms with E-state index in [0.29, 0.717) is 11.2 Å². The maximum atomic E-state index is 12.2. The monoisotopic (exact) mass is 327 g/mol. The summed E-state index contributed by atoms with van der Waals surface area (Å²) in [5.74, 6) is -0.228. The predicted molar refractivity (Wildman–Crippen MR) is 76.0 cm³/mol. The quantitative estimate of drug-likeness (QED) is 0.622. The predicted octanol–water partition coefficient (Wildman–Crippen LogP) is -0.774. The first kappa shape index (κ1) is 15.1. The summed E-state index contributed by atoms with van der Waals surface area (Å²) < 4.78 is 6.86. The molecule has 3 heterocycles. The van der Waals surface area contributed by atoms with Crippen LogP contribution in [0, 0.1) is 0 Å². The van der Waals surface area contributed by atoms with E-state index in [2.05, 4.69) is 15.0 Å². The topological polar surface area (TPSA) is 136 Å². The Morgan fingerprint density at radius 1 is 1.45 bits per heavy atom. The first-order chi connectivity index (χ1) is 10.5. The Morgan fingerprint density at radius 2 is 2.23 bits per heavy atom. The van der Waals surface area contributed by atoms with Crippen molar-refractivity contribution in [3.8, 4) is 0 Å². The number of anilines is 1. The number of rotatable bonds is 4. The minimum atomic E-state index is -1.44. The average Bonchev–Trinajstić information content (AvgIpc) is 3.03. The van der Waals surface area contributed by atoms with E-state index in [-0.39, 0.29) is 18.1 Å². The molecule has 0 aromatic carbocycles. The van der Waals surface area contributed by atoms with Gasteiger partial charge in [-0.25, -0.2) is 15.0 Å². The summed E-state index contributed by atoms with van der Waals surface area (Å²) in [7, 11) is 0. The molecule has 10 heteroatoms. The van der Waals surface area contributed by atoms with Gasteiger partial charge in [-0.05, 0) is 6.42 Å². The molecule has 1 fully saturated rings. The van der Waals surface area contributed by atoms with Crippen LogP contribution in [0.3, 0.4) is 0 Å². The van der Waals surface area contributed by atoms with Crippen LogP contribution in [0.5, 0.6) is 0 Å². The first-order valence-corrected chi connectivity index (χ1v) is 7.12. The molecule has 3 rings (SSSR count). The smallest absolute Gasteiger partial charge is 0.213 e. The Morgan fingerprint density at radius 3 is 2.95 bits per heavy atom. The second kappa shape index (κ2) is 5.76. The van der Waals surface area contributed by atoms with E-state index in [0.717, 1.165) is 0 Å². The molecule has 4 atom stereocenters. The highest BCUT2D eigenvalue weighted by molar-refractivity contribution is 6.17. The zero-order valence-corrected chi connectivity index (χ0v) is 12.1. The van der Waals surface area contributed by atoms with Gasteiger partial charge in [-0.1, -0.05) is 0 Å². The van der Waals surface area contributed by atoms with Crippen molar-refractivity contribution in [2.45, 2.75) is 31.0 Å². The lowest BCUT2D eigenvalue weighted by atomic mass is 10.1. The van der Waals surface area contributed by atoms with Gasteiger partial charge in [0.2, 0.25) is 5.78 Å². The number of Topliss-reactive ketones (excluding diaryl/α,β-unsaturated/α-hetero) is 1. The second-order valence-corrected chi connectivity index (χ2v) is 5.31. The Balaban J connectivity index is 1.94. The van der Waals surface area contributed by atoms with Crippen LogP contribution in [0.25, 0.3) is 11.2 Å². The van der Waals surface area contributed by atoms with E-state index in [1.54, 1.807) is 0 Å². The molecule has 0 spiro atoms. The molecule has 0 radical (unpaired) electrons. The van der Waals surface area contributed by atoms with E-state index in [1.165, 1.54) is 17.2 Å². The molecule has 4 N–H and O–H groups in total. The molecule has 1 aliphatic heterocycles. The van der Waals surface area contributed by atoms with E-state index < -0.39 is 30.3 Å². The van der Waals surface area contributed by atoms with Crippen molar-refractivity contribution < 1.29 is 19.7 Å². The lowest BCUT2D eigenvalue weighted by Crippen LogP contribution is -2.37. The molecule has 22 heavy (non-hydrogen) atoms. The SMILES string of the molecule is Nc1ncnc2c1ncn2C1OC(C(O)CCCl)C(O)C1=O. The Kier molecular flexibility index (Phi) is 3.96. The number of aromatic nitrogens is 4. The second-order valence-electron chi connectivity index (χ2n) is 4.93. The number of ketones is 1. The molecule has 118 valence electrons. The number of carbonyl (C=O) groups is 1. The zero-order chi connectivity index (χ0) is 15.9. The van der Waals surface area contributed by atoms with Crippen LogP contribution in [0.1, 0.15) is 12.6 Å². The van der Waals surface area contributed by atoms with Crippen molar-refractivity contribution in [1.82, 2.24) is 19.5 Å². The molecule has 0 bridgehead atoms.